The molecule has 0 aliphatic carbocycles. The number of anilines is 1. The Balaban J connectivity index is 1.66. The number of amides is 1. The van der Waals surface area contributed by atoms with Crippen LogP contribution in [0.2, 0.25) is 0 Å². The minimum Gasteiger partial charge on any atom is -0.406 e. The molecule has 6 nitrogen and oxygen atoms in total. The van der Waals surface area contributed by atoms with Crippen molar-refractivity contribution in [3.63, 3.8) is 0 Å². The molecule has 0 bridgehead atoms. The number of rotatable bonds is 4. The average molecular weight is 429 g/mol. The standard InChI is InChI=1S/C22H18F3N3O3/c1-13-19(15-5-3-14(12-29)4-6-15)26-27(2)20(13)28-10-9-16-11-17(31-22(23,24)25)7-8-18(16)21(28)30/h3-8,11-12H,9-10H2,1-2H3. The number of carbonyl (C=O) groups is 2. The summed E-state index contributed by atoms with van der Waals surface area (Å²) in [4.78, 5) is 25.6. The van der Waals surface area contributed by atoms with Crippen molar-refractivity contribution in [1.82, 2.24) is 9.78 Å². The van der Waals surface area contributed by atoms with Crippen LogP contribution in [-0.2, 0) is 13.5 Å². The van der Waals surface area contributed by atoms with E-state index in [9.17, 15) is 22.8 Å². The zero-order valence-electron chi connectivity index (χ0n) is 16.7. The van der Waals surface area contributed by atoms with E-state index in [0.29, 0.717) is 41.2 Å². The van der Waals surface area contributed by atoms with Gasteiger partial charge in [-0.25, -0.2) is 0 Å². The van der Waals surface area contributed by atoms with E-state index in [2.05, 4.69) is 9.84 Å². The van der Waals surface area contributed by atoms with Gasteiger partial charge in [0.05, 0.1) is 5.69 Å². The van der Waals surface area contributed by atoms with Crippen molar-refractivity contribution in [2.45, 2.75) is 19.7 Å². The van der Waals surface area contributed by atoms with Crippen molar-refractivity contribution >= 4 is 18.0 Å². The zero-order valence-corrected chi connectivity index (χ0v) is 16.7. The van der Waals surface area contributed by atoms with Gasteiger partial charge in [-0.05, 0) is 37.1 Å². The van der Waals surface area contributed by atoms with E-state index >= 15 is 0 Å². The van der Waals surface area contributed by atoms with Crippen LogP contribution < -0.4 is 9.64 Å². The number of nitrogens with zero attached hydrogens (tertiary/aromatic N) is 3. The first-order chi connectivity index (χ1) is 14.7. The predicted molar refractivity (Wildman–Crippen MR) is 107 cm³/mol. The highest BCUT2D eigenvalue weighted by Gasteiger charge is 2.33. The number of hydrogen-bond donors (Lipinski definition) is 0. The Morgan fingerprint density at radius 3 is 2.48 bits per heavy atom. The topological polar surface area (TPSA) is 64.4 Å². The first-order valence-corrected chi connectivity index (χ1v) is 9.47. The van der Waals surface area contributed by atoms with Crippen molar-refractivity contribution in [3.8, 4) is 17.0 Å². The lowest BCUT2D eigenvalue weighted by molar-refractivity contribution is -0.274. The smallest absolute Gasteiger partial charge is 0.406 e. The van der Waals surface area contributed by atoms with Crippen LogP contribution in [0.3, 0.4) is 0 Å². The van der Waals surface area contributed by atoms with E-state index in [0.717, 1.165) is 23.5 Å². The molecule has 0 saturated carbocycles. The molecular formula is C22H18F3N3O3. The summed E-state index contributed by atoms with van der Waals surface area (Å²) in [7, 11) is 1.73. The first kappa shape index (κ1) is 20.6. The molecule has 0 fully saturated rings. The van der Waals surface area contributed by atoms with E-state index in [1.165, 1.54) is 12.1 Å². The molecule has 2 heterocycles. The molecule has 0 atom stereocenters. The lowest BCUT2D eigenvalue weighted by Crippen LogP contribution is -2.39. The van der Waals surface area contributed by atoms with Gasteiger partial charge in [0.2, 0.25) is 0 Å². The third kappa shape index (κ3) is 3.90. The van der Waals surface area contributed by atoms with E-state index in [-0.39, 0.29) is 11.7 Å². The highest BCUT2D eigenvalue weighted by Crippen LogP contribution is 2.34. The second kappa shape index (κ2) is 7.57. The molecule has 4 rings (SSSR count). The first-order valence-electron chi connectivity index (χ1n) is 9.47. The maximum atomic E-state index is 13.1. The molecule has 9 heteroatoms. The molecule has 31 heavy (non-hydrogen) atoms. The van der Waals surface area contributed by atoms with Gasteiger partial charge in [0.1, 0.15) is 17.9 Å². The van der Waals surface area contributed by atoms with Crippen LogP contribution in [0.25, 0.3) is 11.3 Å². The van der Waals surface area contributed by atoms with Gasteiger partial charge in [-0.3, -0.25) is 19.2 Å². The summed E-state index contributed by atoms with van der Waals surface area (Å²) in [5.74, 6) is -0.0419. The Kier molecular flexibility index (Phi) is 5.04. The Hall–Kier alpha value is -3.62. The molecule has 1 aliphatic rings. The Morgan fingerprint density at radius 1 is 1.13 bits per heavy atom. The molecule has 1 aliphatic heterocycles. The number of benzene rings is 2. The van der Waals surface area contributed by atoms with Crippen molar-refractivity contribution in [1.29, 1.82) is 0 Å². The third-order valence-electron chi connectivity index (χ3n) is 5.21. The van der Waals surface area contributed by atoms with Gasteiger partial charge in [0.25, 0.3) is 5.91 Å². The minimum absolute atomic E-state index is 0.297. The molecule has 2 aromatic carbocycles. The fraction of sp³-hybridized carbons (Fsp3) is 0.227. The maximum absolute atomic E-state index is 13.1. The number of aryl methyl sites for hydroxylation is 1. The number of alkyl halides is 3. The van der Waals surface area contributed by atoms with E-state index < -0.39 is 6.36 Å². The number of carbonyl (C=O) groups excluding carboxylic acids is 2. The minimum atomic E-state index is -4.79. The van der Waals surface area contributed by atoms with Crippen LogP contribution in [0.15, 0.2) is 42.5 Å². The van der Waals surface area contributed by atoms with E-state index in [4.69, 9.17) is 0 Å². The van der Waals surface area contributed by atoms with Crippen molar-refractivity contribution in [2.24, 2.45) is 7.05 Å². The Morgan fingerprint density at radius 2 is 1.84 bits per heavy atom. The normalized spacial score (nSPS) is 13.8. The number of halogens is 3. The van der Waals surface area contributed by atoms with Gasteiger partial charge in [-0.15, -0.1) is 13.2 Å². The zero-order chi connectivity index (χ0) is 22.3. The van der Waals surface area contributed by atoms with E-state index in [1.54, 1.807) is 40.9 Å². The molecule has 0 spiro atoms. The quantitative estimate of drug-likeness (QED) is 0.580. The van der Waals surface area contributed by atoms with E-state index in [1.807, 2.05) is 6.92 Å². The van der Waals surface area contributed by atoms with Crippen LogP contribution in [0, 0.1) is 6.92 Å². The van der Waals surface area contributed by atoms with Gasteiger partial charge in [-0.2, -0.15) is 5.10 Å². The maximum Gasteiger partial charge on any atom is 0.573 e. The molecule has 160 valence electrons. The largest absolute Gasteiger partial charge is 0.573 e. The third-order valence-corrected chi connectivity index (χ3v) is 5.21. The highest BCUT2D eigenvalue weighted by molar-refractivity contribution is 6.08. The summed E-state index contributed by atoms with van der Waals surface area (Å²) >= 11 is 0. The summed E-state index contributed by atoms with van der Waals surface area (Å²) in [6.45, 7) is 2.15. The lowest BCUT2D eigenvalue weighted by atomic mass is 9.98. The van der Waals surface area contributed by atoms with Crippen LogP contribution in [-0.4, -0.2) is 34.9 Å². The number of aldehydes is 1. The summed E-state index contributed by atoms with van der Waals surface area (Å²) < 4.78 is 43.0. The fourth-order valence-electron chi connectivity index (χ4n) is 3.86. The SMILES string of the molecule is Cc1c(-c2ccc(C=O)cc2)nn(C)c1N1CCc2cc(OC(F)(F)F)ccc2C1=O. The van der Waals surface area contributed by atoms with Gasteiger partial charge < -0.3 is 4.74 Å². The fourth-order valence-corrected chi connectivity index (χ4v) is 3.86. The molecule has 1 aromatic heterocycles. The van der Waals surface area contributed by atoms with Gasteiger partial charge in [0, 0.05) is 35.8 Å². The number of ether oxygens (including phenoxy) is 1. The van der Waals surface area contributed by atoms with Gasteiger partial charge in [0.15, 0.2) is 0 Å². The van der Waals surface area contributed by atoms with Crippen LogP contribution in [0.1, 0.15) is 31.8 Å². The average Bonchev–Trinajstić information content (AvgIpc) is 3.01. The van der Waals surface area contributed by atoms with Crippen LogP contribution in [0.4, 0.5) is 19.0 Å². The summed E-state index contributed by atoms with van der Waals surface area (Å²) in [6, 6.07) is 10.7. The monoisotopic (exact) mass is 429 g/mol. The van der Waals surface area contributed by atoms with Crippen molar-refractivity contribution < 1.29 is 27.5 Å². The predicted octanol–water partition coefficient (Wildman–Crippen LogP) is 4.31. The Labute approximate surface area is 175 Å². The molecule has 0 saturated heterocycles. The summed E-state index contributed by atoms with van der Waals surface area (Å²) in [5, 5.41) is 4.55. The Bertz CT molecular complexity index is 1170. The van der Waals surface area contributed by atoms with Gasteiger partial charge in [-0.1, -0.05) is 24.3 Å². The molecule has 0 radical (unpaired) electrons. The van der Waals surface area contributed by atoms with Crippen LogP contribution >= 0.6 is 0 Å². The molecule has 3 aromatic rings. The molecule has 0 unspecified atom stereocenters. The van der Waals surface area contributed by atoms with Crippen molar-refractivity contribution in [3.05, 3.63) is 64.7 Å². The second-order valence-corrected chi connectivity index (χ2v) is 7.23. The number of hydrogen-bond acceptors (Lipinski definition) is 4. The van der Waals surface area contributed by atoms with Crippen LogP contribution in [0.5, 0.6) is 5.75 Å². The molecular weight excluding hydrogens is 411 g/mol. The second-order valence-electron chi connectivity index (χ2n) is 7.23. The summed E-state index contributed by atoms with van der Waals surface area (Å²) in [5.41, 5.74) is 3.67. The molecule has 1 amide bonds. The van der Waals surface area contributed by atoms with Gasteiger partial charge >= 0.3 is 6.36 Å². The summed E-state index contributed by atoms with van der Waals surface area (Å²) in [6.07, 6.45) is -3.65. The lowest BCUT2D eigenvalue weighted by Gasteiger charge is -2.29. The molecule has 0 N–H and O–H groups in total. The highest BCUT2D eigenvalue weighted by atomic mass is 19.4. The number of aromatic nitrogens is 2. The van der Waals surface area contributed by atoms with Crippen molar-refractivity contribution in [2.75, 3.05) is 11.4 Å². The number of fused-ring (bicyclic) bond motifs is 1.